The summed E-state index contributed by atoms with van der Waals surface area (Å²) in [6, 6.07) is 0. The molecule has 86 valence electrons. The molecule has 3 rings (SSSR count). The molecule has 0 bridgehead atoms. The second kappa shape index (κ2) is 2.73. The fourth-order valence-electron chi connectivity index (χ4n) is 3.10. The Morgan fingerprint density at radius 1 is 1.20 bits per heavy atom. The maximum Gasteiger partial charge on any atom is 0.255 e. The molecule has 0 radical (unpaired) electrons. The highest BCUT2D eigenvalue weighted by Crippen LogP contribution is 2.64. The second-order valence-electron chi connectivity index (χ2n) is 6.29. The van der Waals surface area contributed by atoms with Crippen molar-refractivity contribution < 1.29 is 8.78 Å². The van der Waals surface area contributed by atoms with Crippen molar-refractivity contribution in [3.8, 4) is 0 Å². The summed E-state index contributed by atoms with van der Waals surface area (Å²) in [4.78, 5) is 2.29. The molecule has 1 atom stereocenters. The summed E-state index contributed by atoms with van der Waals surface area (Å²) in [6.45, 7) is 5.01. The van der Waals surface area contributed by atoms with E-state index >= 15 is 0 Å². The fraction of sp³-hybridized carbons (Fsp3) is 1.00. The highest BCUT2D eigenvalue weighted by molar-refractivity contribution is 5.13. The van der Waals surface area contributed by atoms with Crippen LogP contribution in [0.15, 0.2) is 0 Å². The molecule has 1 nitrogen and oxygen atoms in total. The lowest BCUT2D eigenvalue weighted by molar-refractivity contribution is 0.0204. The Kier molecular flexibility index (Phi) is 1.82. The first kappa shape index (κ1) is 10.0. The van der Waals surface area contributed by atoms with Gasteiger partial charge in [-0.3, -0.25) is 0 Å². The van der Waals surface area contributed by atoms with Crippen LogP contribution in [-0.2, 0) is 0 Å². The van der Waals surface area contributed by atoms with Crippen LogP contribution in [0.5, 0.6) is 0 Å². The minimum absolute atomic E-state index is 0.146. The van der Waals surface area contributed by atoms with Gasteiger partial charge in [-0.05, 0) is 37.6 Å². The molecule has 1 unspecified atom stereocenters. The lowest BCUT2D eigenvalue weighted by Crippen LogP contribution is -2.41. The first-order valence-electron chi connectivity index (χ1n) is 6.05. The molecule has 0 amide bonds. The van der Waals surface area contributed by atoms with E-state index in [1.165, 1.54) is 12.8 Å². The average Bonchev–Trinajstić information content (AvgIpc) is 2.93. The molecule has 2 aliphatic carbocycles. The lowest BCUT2D eigenvalue weighted by atomic mass is 9.93. The van der Waals surface area contributed by atoms with Crippen LogP contribution >= 0.6 is 0 Å². The van der Waals surface area contributed by atoms with Crippen LogP contribution in [0.2, 0.25) is 0 Å². The fourth-order valence-corrected chi connectivity index (χ4v) is 3.10. The van der Waals surface area contributed by atoms with E-state index in [9.17, 15) is 8.78 Å². The van der Waals surface area contributed by atoms with E-state index in [2.05, 4.69) is 11.8 Å². The van der Waals surface area contributed by atoms with Gasteiger partial charge in [-0.25, -0.2) is 8.78 Å². The normalized spacial score (nSPS) is 41.8. The summed E-state index contributed by atoms with van der Waals surface area (Å²) in [7, 11) is 0. The number of hydrogen-bond donors (Lipinski definition) is 0. The molecular weight excluding hydrogens is 196 g/mol. The van der Waals surface area contributed by atoms with Gasteiger partial charge >= 0.3 is 0 Å². The Morgan fingerprint density at radius 3 is 2.40 bits per heavy atom. The monoisotopic (exact) mass is 215 g/mol. The van der Waals surface area contributed by atoms with Crippen LogP contribution in [0, 0.1) is 10.8 Å². The van der Waals surface area contributed by atoms with Gasteiger partial charge in [-0.1, -0.05) is 6.92 Å². The first-order valence-corrected chi connectivity index (χ1v) is 6.05. The molecular formula is C12H19F2N. The van der Waals surface area contributed by atoms with Crippen molar-refractivity contribution in [2.45, 2.75) is 45.0 Å². The Balaban J connectivity index is 1.63. The van der Waals surface area contributed by atoms with Crippen molar-refractivity contribution in [1.82, 2.24) is 4.90 Å². The van der Waals surface area contributed by atoms with Crippen molar-refractivity contribution in [2.24, 2.45) is 10.8 Å². The molecule has 3 heteroatoms. The van der Waals surface area contributed by atoms with E-state index in [4.69, 9.17) is 0 Å². The third-order valence-corrected chi connectivity index (χ3v) is 4.58. The molecule has 0 aromatic heterocycles. The van der Waals surface area contributed by atoms with E-state index < -0.39 is 11.3 Å². The number of rotatable bonds is 2. The number of hydrogen-bond acceptors (Lipinski definition) is 1. The molecule has 2 saturated carbocycles. The highest BCUT2D eigenvalue weighted by atomic mass is 19.3. The zero-order chi connectivity index (χ0) is 10.7. The van der Waals surface area contributed by atoms with Crippen molar-refractivity contribution in [3.05, 3.63) is 0 Å². The summed E-state index contributed by atoms with van der Waals surface area (Å²) in [5.74, 6) is -2.35. The van der Waals surface area contributed by atoms with Crippen LogP contribution < -0.4 is 0 Å². The molecule has 1 heterocycles. The van der Waals surface area contributed by atoms with E-state index in [0.717, 1.165) is 25.9 Å². The number of halogens is 2. The summed E-state index contributed by atoms with van der Waals surface area (Å²) in [5.41, 5.74) is -0.154. The first-order chi connectivity index (χ1) is 6.95. The van der Waals surface area contributed by atoms with E-state index in [1.807, 2.05) is 0 Å². The van der Waals surface area contributed by atoms with E-state index in [0.29, 0.717) is 12.0 Å². The van der Waals surface area contributed by atoms with Crippen molar-refractivity contribution in [3.63, 3.8) is 0 Å². The molecule has 1 spiro atoms. The van der Waals surface area contributed by atoms with Crippen molar-refractivity contribution in [1.29, 1.82) is 0 Å². The minimum atomic E-state index is -2.35. The predicted octanol–water partition coefficient (Wildman–Crippen LogP) is 2.91. The topological polar surface area (TPSA) is 3.24 Å². The standard InChI is InChI=1S/C12H19F2N/c1-10(4-5-10)8-15-6-2-3-11(9-15)7-12(11,13)14/h2-9H2,1H3. The second-order valence-corrected chi connectivity index (χ2v) is 6.29. The van der Waals surface area contributed by atoms with Gasteiger partial charge in [-0.2, -0.15) is 0 Å². The van der Waals surface area contributed by atoms with Gasteiger partial charge in [0.05, 0.1) is 5.41 Å². The van der Waals surface area contributed by atoms with Crippen LogP contribution in [0.25, 0.3) is 0 Å². The highest BCUT2D eigenvalue weighted by Gasteiger charge is 2.71. The molecule has 3 aliphatic rings. The molecule has 3 fully saturated rings. The summed E-state index contributed by atoms with van der Waals surface area (Å²) in [6.07, 6.45) is 4.42. The largest absolute Gasteiger partial charge is 0.302 e. The number of piperidine rings is 1. The number of likely N-dealkylation sites (tertiary alicyclic amines) is 1. The molecule has 15 heavy (non-hydrogen) atoms. The number of nitrogens with zero attached hydrogens (tertiary/aromatic N) is 1. The average molecular weight is 215 g/mol. The van der Waals surface area contributed by atoms with E-state index in [-0.39, 0.29) is 6.42 Å². The zero-order valence-corrected chi connectivity index (χ0v) is 9.36. The van der Waals surface area contributed by atoms with Crippen LogP contribution in [0.1, 0.15) is 39.0 Å². The van der Waals surface area contributed by atoms with Crippen LogP contribution in [0.4, 0.5) is 8.78 Å². The van der Waals surface area contributed by atoms with E-state index in [1.54, 1.807) is 0 Å². The van der Waals surface area contributed by atoms with Crippen LogP contribution in [0.3, 0.4) is 0 Å². The quantitative estimate of drug-likeness (QED) is 0.684. The van der Waals surface area contributed by atoms with Crippen LogP contribution in [-0.4, -0.2) is 30.5 Å². The molecule has 0 N–H and O–H groups in total. The molecule has 0 aromatic rings. The van der Waals surface area contributed by atoms with Gasteiger partial charge < -0.3 is 4.90 Å². The van der Waals surface area contributed by atoms with Crippen molar-refractivity contribution in [2.75, 3.05) is 19.6 Å². The SMILES string of the molecule is CC1(CN2CCCC3(C2)CC3(F)F)CC1. The van der Waals surface area contributed by atoms with Gasteiger partial charge in [0, 0.05) is 19.5 Å². The Hall–Kier alpha value is -0.180. The van der Waals surface area contributed by atoms with Gasteiger partial charge in [-0.15, -0.1) is 0 Å². The third kappa shape index (κ3) is 1.59. The lowest BCUT2D eigenvalue weighted by Gasteiger charge is -2.34. The maximum absolute atomic E-state index is 13.3. The maximum atomic E-state index is 13.3. The van der Waals surface area contributed by atoms with Crippen molar-refractivity contribution >= 4 is 0 Å². The molecule has 1 saturated heterocycles. The summed E-state index contributed by atoms with van der Waals surface area (Å²) < 4.78 is 26.5. The smallest absolute Gasteiger partial charge is 0.255 e. The van der Waals surface area contributed by atoms with Gasteiger partial charge in [0.1, 0.15) is 0 Å². The zero-order valence-electron chi connectivity index (χ0n) is 9.36. The summed E-state index contributed by atoms with van der Waals surface area (Å²) in [5, 5.41) is 0. The van der Waals surface area contributed by atoms with Gasteiger partial charge in [0.25, 0.3) is 5.92 Å². The minimum Gasteiger partial charge on any atom is -0.302 e. The van der Waals surface area contributed by atoms with Gasteiger partial charge in [0.2, 0.25) is 0 Å². The predicted molar refractivity (Wildman–Crippen MR) is 55.0 cm³/mol. The number of alkyl halides is 2. The Morgan fingerprint density at radius 2 is 1.87 bits per heavy atom. The Labute approximate surface area is 89.8 Å². The summed E-state index contributed by atoms with van der Waals surface area (Å²) >= 11 is 0. The third-order valence-electron chi connectivity index (χ3n) is 4.58. The molecule has 0 aromatic carbocycles. The molecule has 1 aliphatic heterocycles. The van der Waals surface area contributed by atoms with Gasteiger partial charge in [0.15, 0.2) is 0 Å². The Bertz CT molecular complexity index is 285.